The summed E-state index contributed by atoms with van der Waals surface area (Å²) in [5.41, 5.74) is -2.49. The Balaban J connectivity index is 3.09. The molecule has 0 unspecified atom stereocenters. The van der Waals surface area contributed by atoms with E-state index in [1.54, 1.807) is 0 Å². The minimum absolute atomic E-state index is 0.299. The summed E-state index contributed by atoms with van der Waals surface area (Å²) in [4.78, 5) is 9.49. The highest BCUT2D eigenvalue weighted by atomic mass is 19.4. The fraction of sp³-hybridized carbons (Fsp3) is 0.333. The summed E-state index contributed by atoms with van der Waals surface area (Å²) in [6.45, 7) is -0.883. The Labute approximate surface area is 97.6 Å². The van der Waals surface area contributed by atoms with Gasteiger partial charge in [-0.15, -0.1) is 0 Å². The second-order valence-corrected chi connectivity index (χ2v) is 3.26. The average molecular weight is 270 g/mol. The third-order valence-electron chi connectivity index (χ3n) is 1.97. The van der Waals surface area contributed by atoms with Crippen LogP contribution in [0.5, 0.6) is 0 Å². The molecule has 1 aromatic carbocycles. The number of halogens is 5. The highest BCUT2D eigenvalue weighted by Gasteiger charge is 2.33. The van der Waals surface area contributed by atoms with Gasteiger partial charge in [0.15, 0.2) is 0 Å². The monoisotopic (exact) mass is 270 g/mol. The van der Waals surface area contributed by atoms with Crippen LogP contribution >= 0.6 is 0 Å². The summed E-state index contributed by atoms with van der Waals surface area (Å²) >= 11 is 0. The molecule has 0 saturated heterocycles. The van der Waals surface area contributed by atoms with Gasteiger partial charge >= 0.3 is 6.18 Å². The number of alkyl halides is 5. The maximum Gasteiger partial charge on any atom is 0.416 e. The maximum absolute atomic E-state index is 12.3. The van der Waals surface area contributed by atoms with Crippen LogP contribution in [0.25, 0.3) is 0 Å². The van der Waals surface area contributed by atoms with Crippen molar-refractivity contribution in [3.8, 4) is 0 Å². The molecule has 1 aromatic rings. The Kier molecular flexibility index (Phi) is 4.04. The first-order chi connectivity index (χ1) is 8.21. The maximum atomic E-state index is 12.3. The topological polar surface area (TPSA) is 55.2 Å². The first-order valence-electron chi connectivity index (χ1n) is 4.59. The third kappa shape index (κ3) is 3.54. The van der Waals surface area contributed by atoms with Crippen molar-refractivity contribution >= 4 is 11.4 Å². The molecule has 9 heteroatoms. The van der Waals surface area contributed by atoms with Crippen LogP contribution in [-0.2, 0) is 6.18 Å². The van der Waals surface area contributed by atoms with Crippen LogP contribution in [0.3, 0.4) is 0 Å². The highest BCUT2D eigenvalue weighted by Crippen LogP contribution is 2.34. The van der Waals surface area contributed by atoms with Crippen LogP contribution in [0.2, 0.25) is 0 Å². The molecule has 0 amide bonds. The summed E-state index contributed by atoms with van der Waals surface area (Å²) < 4.78 is 60.8. The van der Waals surface area contributed by atoms with Gasteiger partial charge in [-0.05, 0) is 12.1 Å². The molecular weight excluding hydrogens is 263 g/mol. The molecule has 1 rings (SSSR count). The second-order valence-electron chi connectivity index (χ2n) is 3.26. The van der Waals surface area contributed by atoms with Crippen molar-refractivity contribution in [3.63, 3.8) is 0 Å². The lowest BCUT2D eigenvalue weighted by molar-refractivity contribution is -0.384. The van der Waals surface area contributed by atoms with E-state index in [9.17, 15) is 32.1 Å². The fourth-order valence-corrected chi connectivity index (χ4v) is 1.20. The van der Waals surface area contributed by atoms with E-state index in [1.807, 2.05) is 5.32 Å². The standard InChI is InChI=1S/C9H7F5N2O2/c10-8(11)4-15-6-2-1-5(9(12,13)14)3-7(6)16(17)18/h1-3,8,15H,4H2. The van der Waals surface area contributed by atoms with Crippen molar-refractivity contribution in [2.45, 2.75) is 12.6 Å². The number of hydrogen-bond acceptors (Lipinski definition) is 3. The summed E-state index contributed by atoms with van der Waals surface area (Å²) in [6, 6.07) is 1.64. The van der Waals surface area contributed by atoms with Gasteiger partial charge in [-0.1, -0.05) is 0 Å². The highest BCUT2D eigenvalue weighted by molar-refractivity contribution is 5.62. The molecule has 0 bridgehead atoms. The van der Waals surface area contributed by atoms with Gasteiger partial charge in [0.25, 0.3) is 12.1 Å². The van der Waals surface area contributed by atoms with E-state index in [4.69, 9.17) is 0 Å². The Hall–Kier alpha value is -1.93. The number of rotatable bonds is 4. The van der Waals surface area contributed by atoms with E-state index < -0.39 is 35.3 Å². The largest absolute Gasteiger partial charge is 0.416 e. The van der Waals surface area contributed by atoms with E-state index in [0.29, 0.717) is 12.1 Å². The van der Waals surface area contributed by atoms with Gasteiger partial charge in [-0.2, -0.15) is 13.2 Å². The molecule has 0 atom stereocenters. The zero-order valence-corrected chi connectivity index (χ0v) is 8.67. The molecule has 0 radical (unpaired) electrons. The number of benzene rings is 1. The first-order valence-corrected chi connectivity index (χ1v) is 4.59. The van der Waals surface area contributed by atoms with E-state index >= 15 is 0 Å². The zero-order chi connectivity index (χ0) is 13.9. The van der Waals surface area contributed by atoms with E-state index in [1.165, 1.54) is 0 Å². The molecule has 100 valence electrons. The van der Waals surface area contributed by atoms with Crippen LogP contribution in [0.15, 0.2) is 18.2 Å². The zero-order valence-electron chi connectivity index (χ0n) is 8.67. The van der Waals surface area contributed by atoms with E-state index in [0.717, 1.165) is 6.07 Å². The minimum atomic E-state index is -4.73. The minimum Gasteiger partial charge on any atom is -0.374 e. The first kappa shape index (κ1) is 14.1. The third-order valence-corrected chi connectivity index (χ3v) is 1.97. The summed E-state index contributed by atoms with van der Waals surface area (Å²) in [5.74, 6) is 0. The van der Waals surface area contributed by atoms with Crippen LogP contribution in [-0.4, -0.2) is 17.9 Å². The number of nitrogens with zero attached hydrogens (tertiary/aromatic N) is 1. The molecule has 0 fully saturated rings. The van der Waals surface area contributed by atoms with Crippen molar-refractivity contribution in [2.24, 2.45) is 0 Å². The van der Waals surface area contributed by atoms with E-state index in [-0.39, 0.29) is 5.69 Å². The molecular formula is C9H7F5N2O2. The van der Waals surface area contributed by atoms with Crippen LogP contribution in [0.4, 0.5) is 33.3 Å². The quantitative estimate of drug-likeness (QED) is 0.519. The Bertz CT molecular complexity index is 447. The van der Waals surface area contributed by atoms with Crippen molar-refractivity contribution in [1.82, 2.24) is 0 Å². The second kappa shape index (κ2) is 5.15. The molecule has 0 aliphatic rings. The molecule has 0 heterocycles. The number of nitro groups is 1. The van der Waals surface area contributed by atoms with Gasteiger partial charge in [-0.3, -0.25) is 10.1 Å². The molecule has 4 nitrogen and oxygen atoms in total. The number of nitro benzene ring substituents is 1. The predicted molar refractivity (Wildman–Crippen MR) is 52.6 cm³/mol. The smallest absolute Gasteiger partial charge is 0.374 e. The van der Waals surface area contributed by atoms with Crippen molar-refractivity contribution in [1.29, 1.82) is 0 Å². The lowest BCUT2D eigenvalue weighted by atomic mass is 10.1. The van der Waals surface area contributed by atoms with Gasteiger partial charge in [0.2, 0.25) is 0 Å². The lowest BCUT2D eigenvalue weighted by Gasteiger charge is -2.10. The average Bonchev–Trinajstić information content (AvgIpc) is 2.24. The van der Waals surface area contributed by atoms with Crippen molar-refractivity contribution in [3.05, 3.63) is 33.9 Å². The number of anilines is 1. The molecule has 0 spiro atoms. The van der Waals surface area contributed by atoms with Crippen molar-refractivity contribution < 1.29 is 26.9 Å². The molecule has 0 aromatic heterocycles. The molecule has 0 aliphatic carbocycles. The Morgan fingerprint density at radius 1 is 1.33 bits per heavy atom. The summed E-state index contributed by atoms with van der Waals surface area (Å²) in [6.07, 6.45) is -7.50. The van der Waals surface area contributed by atoms with Gasteiger partial charge in [0.1, 0.15) is 5.69 Å². The van der Waals surface area contributed by atoms with Gasteiger partial charge in [0, 0.05) is 6.07 Å². The lowest BCUT2D eigenvalue weighted by Crippen LogP contribution is -2.12. The molecule has 0 saturated carbocycles. The normalized spacial score (nSPS) is 11.7. The Morgan fingerprint density at radius 2 is 1.94 bits per heavy atom. The fourth-order valence-electron chi connectivity index (χ4n) is 1.20. The predicted octanol–water partition coefficient (Wildman–Crippen LogP) is 3.29. The van der Waals surface area contributed by atoms with Gasteiger partial charge in [0.05, 0.1) is 17.0 Å². The Morgan fingerprint density at radius 3 is 2.39 bits per heavy atom. The number of nitrogens with one attached hydrogen (secondary N) is 1. The van der Waals surface area contributed by atoms with Crippen LogP contribution in [0, 0.1) is 10.1 Å². The van der Waals surface area contributed by atoms with Gasteiger partial charge < -0.3 is 5.32 Å². The number of hydrogen-bond donors (Lipinski definition) is 1. The van der Waals surface area contributed by atoms with Gasteiger partial charge in [-0.25, -0.2) is 8.78 Å². The van der Waals surface area contributed by atoms with E-state index in [2.05, 4.69) is 0 Å². The summed E-state index contributed by atoms with van der Waals surface area (Å²) in [7, 11) is 0. The molecule has 1 N–H and O–H groups in total. The SMILES string of the molecule is O=[N+]([O-])c1cc(C(F)(F)F)ccc1NCC(F)F. The molecule has 0 aliphatic heterocycles. The summed E-state index contributed by atoms with van der Waals surface area (Å²) in [5, 5.41) is 12.6. The van der Waals surface area contributed by atoms with Crippen LogP contribution in [0.1, 0.15) is 5.56 Å². The van der Waals surface area contributed by atoms with Crippen LogP contribution < -0.4 is 5.32 Å². The van der Waals surface area contributed by atoms with Crippen molar-refractivity contribution in [2.75, 3.05) is 11.9 Å². The molecule has 18 heavy (non-hydrogen) atoms.